The maximum Gasteiger partial charge on any atom is 0.0534 e. The Labute approximate surface area is 714 Å². The second kappa shape index (κ2) is 27.6. The third-order valence-corrected chi connectivity index (χ3v) is 44.0. The number of hydrogen-bond acceptors (Lipinski definition) is 18. The molecule has 24 aromatic rings. The molecule has 1 aliphatic rings. The second-order valence-electron chi connectivity index (χ2n) is 27.8. The van der Waals surface area contributed by atoms with Crippen LogP contribution in [-0.2, 0) is 0 Å². The van der Waals surface area contributed by atoms with E-state index in [9.17, 15) is 0 Å². The molecule has 19 heterocycles. The van der Waals surface area contributed by atoms with Gasteiger partial charge in [-0.05, 0) is 182 Å². The smallest absolute Gasteiger partial charge is 0.0534 e. The molecule has 114 heavy (non-hydrogen) atoms. The molecule has 18 aromatic heterocycles. The van der Waals surface area contributed by atoms with Crippen LogP contribution in [0.25, 0.3) is 60.5 Å². The molecule has 6 aromatic carbocycles. The predicted octanol–water partition coefficient (Wildman–Crippen LogP) is 31.2. The predicted molar refractivity (Wildman–Crippen MR) is 501 cm³/mol. The first kappa shape index (κ1) is 68.7. The molecule has 0 nitrogen and oxygen atoms in total. The molecule has 0 radical (unpaired) electrons. The minimum absolute atomic E-state index is 1.30. The lowest BCUT2D eigenvalue weighted by molar-refractivity contribution is 1.58. The molecule has 0 saturated carbocycles. The summed E-state index contributed by atoms with van der Waals surface area (Å²) in [6, 6.07) is 111. The molecular weight excluding hydrogens is 1730 g/mol. The molecule has 0 fully saturated rings. The average molecular weight is 1780 g/mol. The SMILES string of the molecule is c1ccc2c3c(sc2c1)=c1ccc(s1)=c1ccc(s1)=c1ccc(s1)=c1ccc(s1)=c1sc2ccccc2c1=c1c(sc2ccccc12)=c1ccc(s1)=c1ccc(s1)=c1ccc(s1)=c1ccc(s1)=c1sc2ccccc2c1=c1c(sc2ccccc12)=c1ccc(s1)=c1ccc(s1)=c1ccc(s1)=c1ccc(s1)=c1sc2ccccc2c1=3. The number of fused-ring (bicyclic) bond motifs is 42. The summed E-state index contributed by atoms with van der Waals surface area (Å²) in [5, 5.41) is 15.9. The Morgan fingerprint density at radius 1 is 0.0965 bits per heavy atom. The first-order valence-electron chi connectivity index (χ1n) is 36.7. The van der Waals surface area contributed by atoms with E-state index < -0.39 is 0 Å². The fourth-order valence-corrected chi connectivity index (χ4v) is 36.8. The lowest BCUT2D eigenvalue weighted by atomic mass is 10.1. The normalized spacial score (nSPS) is 12.2. The van der Waals surface area contributed by atoms with Crippen molar-refractivity contribution in [1.82, 2.24) is 0 Å². The zero-order valence-corrected chi connectivity index (χ0v) is 73.8. The van der Waals surface area contributed by atoms with Gasteiger partial charge in [-0.3, -0.25) is 0 Å². The first-order chi connectivity index (χ1) is 56.4. The van der Waals surface area contributed by atoms with Gasteiger partial charge in [0.05, 0.1) is 27.2 Å². The van der Waals surface area contributed by atoms with Crippen LogP contribution in [0.15, 0.2) is 291 Å². The molecule has 0 amide bonds. The Balaban J connectivity index is 0.782. The van der Waals surface area contributed by atoms with Gasteiger partial charge in [-0.2, -0.15) is 0 Å². The van der Waals surface area contributed by atoms with Crippen molar-refractivity contribution >= 4 is 265 Å². The van der Waals surface area contributed by atoms with E-state index in [2.05, 4.69) is 291 Å². The van der Waals surface area contributed by atoms with Crippen LogP contribution in [0.5, 0.6) is 0 Å². The van der Waals surface area contributed by atoms with Gasteiger partial charge in [-0.15, -0.1) is 204 Å². The van der Waals surface area contributed by atoms with Crippen molar-refractivity contribution in [2.24, 2.45) is 0 Å². The molecule has 540 valence electrons. The summed E-state index contributed by atoms with van der Waals surface area (Å²) >= 11 is 34.6. The van der Waals surface area contributed by atoms with Crippen LogP contribution in [0.4, 0.5) is 0 Å². The third-order valence-electron chi connectivity index (χ3n) is 21.1. The molecule has 0 saturated heterocycles. The number of rotatable bonds is 0. The fourth-order valence-electron chi connectivity index (χ4n) is 16.0. The number of thiophene rings is 18. The monoisotopic (exact) mass is 1780 g/mol. The van der Waals surface area contributed by atoms with Crippen LogP contribution in [0.2, 0.25) is 0 Å². The number of benzene rings is 6. The van der Waals surface area contributed by atoms with Gasteiger partial charge in [-0.25, -0.2) is 0 Å². The molecule has 1 aliphatic heterocycles. The van der Waals surface area contributed by atoms with Crippen molar-refractivity contribution in [3.8, 4) is 0 Å². The van der Waals surface area contributed by atoms with E-state index in [1.165, 1.54) is 228 Å². The van der Waals surface area contributed by atoms with Crippen LogP contribution in [0, 0.1) is 167 Å². The lowest BCUT2D eigenvalue weighted by Crippen LogP contribution is -1.74. The van der Waals surface area contributed by atoms with Gasteiger partial charge in [0.1, 0.15) is 0 Å². The van der Waals surface area contributed by atoms with Crippen molar-refractivity contribution < 1.29 is 0 Å². The Hall–Kier alpha value is -8.52. The molecule has 0 atom stereocenters. The summed E-state index contributed by atoms with van der Waals surface area (Å²) in [6.45, 7) is 0. The van der Waals surface area contributed by atoms with Gasteiger partial charge in [0, 0.05) is 201 Å². The van der Waals surface area contributed by atoms with Crippen molar-refractivity contribution in [2.45, 2.75) is 0 Å². The quantitative estimate of drug-likeness (QED) is 0.142. The molecule has 0 unspecified atom stereocenters. The summed E-state index contributed by atoms with van der Waals surface area (Å²) in [5.41, 5.74) is 0. The Morgan fingerprint density at radius 3 is 0.333 bits per heavy atom. The molecule has 0 spiro atoms. The van der Waals surface area contributed by atoms with Crippen LogP contribution < -0.4 is 0 Å². The summed E-state index contributed by atoms with van der Waals surface area (Å²) < 4.78 is 47.1. The summed E-state index contributed by atoms with van der Waals surface area (Å²) in [4.78, 5) is 0. The highest BCUT2D eigenvalue weighted by atomic mass is 32.2. The van der Waals surface area contributed by atoms with Gasteiger partial charge in [0.2, 0.25) is 0 Å². The highest BCUT2D eigenvalue weighted by molar-refractivity contribution is 7.22. The van der Waals surface area contributed by atoms with E-state index in [1.807, 2.05) is 204 Å². The van der Waals surface area contributed by atoms with Crippen molar-refractivity contribution in [1.29, 1.82) is 0 Å². The fraction of sp³-hybridized carbons (Fsp3) is 0. The van der Waals surface area contributed by atoms with Crippen LogP contribution in [-0.4, -0.2) is 0 Å². The molecule has 25 rings (SSSR count). The van der Waals surface area contributed by atoms with Crippen molar-refractivity contribution in [2.75, 3.05) is 0 Å². The van der Waals surface area contributed by atoms with Gasteiger partial charge >= 0.3 is 0 Å². The molecule has 18 heteroatoms. The Bertz CT molecular complexity index is 8760. The van der Waals surface area contributed by atoms with Crippen LogP contribution in [0.3, 0.4) is 0 Å². The largest absolute Gasteiger partial charge is 0.134 e. The van der Waals surface area contributed by atoms with E-state index in [-0.39, 0.29) is 0 Å². The maximum atomic E-state index is 2.39. The third kappa shape index (κ3) is 11.3. The van der Waals surface area contributed by atoms with E-state index in [1.54, 1.807) is 0 Å². The minimum Gasteiger partial charge on any atom is -0.134 e. The highest BCUT2D eigenvalue weighted by Crippen LogP contribution is 2.39. The topological polar surface area (TPSA) is 0 Å². The Kier molecular flexibility index (Phi) is 16.6. The number of hydrogen-bond donors (Lipinski definition) is 0. The zero-order chi connectivity index (χ0) is 74.4. The molecular formula is C96H48S18. The summed E-state index contributed by atoms with van der Waals surface area (Å²) in [6.07, 6.45) is 0. The minimum atomic E-state index is 1.30. The van der Waals surface area contributed by atoms with Crippen molar-refractivity contribution in [3.63, 3.8) is 0 Å². The highest BCUT2D eigenvalue weighted by Gasteiger charge is 2.15. The van der Waals surface area contributed by atoms with Gasteiger partial charge < -0.3 is 0 Å². The van der Waals surface area contributed by atoms with Gasteiger partial charge in [0.25, 0.3) is 0 Å². The zero-order valence-electron chi connectivity index (χ0n) is 59.1. The lowest BCUT2D eigenvalue weighted by Gasteiger charge is -1.90. The van der Waals surface area contributed by atoms with E-state index in [4.69, 9.17) is 0 Å². The Morgan fingerprint density at radius 2 is 0.202 bits per heavy atom. The summed E-state index contributed by atoms with van der Waals surface area (Å²) in [5.74, 6) is 0. The van der Waals surface area contributed by atoms with Crippen molar-refractivity contribution in [3.05, 3.63) is 458 Å². The van der Waals surface area contributed by atoms with Gasteiger partial charge in [-0.1, -0.05) is 109 Å². The first-order valence-corrected chi connectivity index (χ1v) is 51.4. The van der Waals surface area contributed by atoms with Gasteiger partial charge in [0.15, 0.2) is 0 Å². The maximum absolute atomic E-state index is 2.39. The van der Waals surface area contributed by atoms with E-state index >= 15 is 0 Å². The molecule has 0 N–H and O–H groups in total. The van der Waals surface area contributed by atoms with E-state index in [0.717, 1.165) is 0 Å². The van der Waals surface area contributed by atoms with Crippen LogP contribution >= 0.6 is 204 Å². The molecule has 24 bridgehead atoms. The standard InChI is InChI=1S/C96H48S18/c1-7-19-55-49(13-1)85-86-50-14-2-8-20-56(50)110-92(86)80-44-38-74(104-80)68-32-26-63(98-68)64-28-34-70(100-64)76-40-46-82(106-76)94-89(53-17-5-10-22-58(53)112-94)90-54-18-6-12-24-60(54)114-96(90)84-48-42-78(108-84)72-36-30-66(102-72)65-29-35-71(101-65)77-41-47-83(107-77)95-88(52-16-4-11-23-59(52)113-95)87-51-15-3-9-21-57(51)111-93(87)81-45-39-75(105-81)69-33-27-62(99-69)61-25-31-67(97-61)73-37-43-79(103-73)91(85)109-55/h1-48H. The second-order valence-corrected chi connectivity index (χ2v) is 47.1. The average Bonchev–Trinajstić information content (AvgIpc) is 1.58. The molecule has 0 aliphatic carbocycles. The summed E-state index contributed by atoms with van der Waals surface area (Å²) in [7, 11) is 0. The van der Waals surface area contributed by atoms with Crippen LogP contribution in [0.1, 0.15) is 0 Å². The van der Waals surface area contributed by atoms with E-state index in [0.29, 0.717) is 0 Å².